The van der Waals surface area contributed by atoms with Gasteiger partial charge in [-0.1, -0.05) is 42.5 Å². The Morgan fingerprint density at radius 1 is 0.926 bits per heavy atom. The van der Waals surface area contributed by atoms with Gasteiger partial charge in [-0.3, -0.25) is 4.79 Å². The van der Waals surface area contributed by atoms with Crippen molar-refractivity contribution < 1.29 is 23.8 Å². The van der Waals surface area contributed by atoms with Crippen LogP contribution in [-0.4, -0.2) is 11.9 Å². The average molecular weight is 362 g/mol. The molecule has 3 aromatic carbocycles. The summed E-state index contributed by atoms with van der Waals surface area (Å²) in [7, 11) is 0. The molecule has 0 saturated heterocycles. The SMILES string of the molecule is C=CC(=O)Oc1c(OC(C)=O)cc(Oc2ccccc2)c2cc(C)ccc12. The van der Waals surface area contributed by atoms with Gasteiger partial charge in [0, 0.05) is 29.8 Å². The molecular formula is C22H18O5. The van der Waals surface area contributed by atoms with Gasteiger partial charge in [-0.15, -0.1) is 0 Å². The Morgan fingerprint density at radius 2 is 1.67 bits per heavy atom. The lowest BCUT2D eigenvalue weighted by Crippen LogP contribution is -2.08. The maximum atomic E-state index is 11.8. The fraction of sp³-hybridized carbons (Fsp3) is 0.0909. The molecule has 0 aliphatic heterocycles. The molecule has 0 aliphatic carbocycles. The lowest BCUT2D eigenvalue weighted by Gasteiger charge is -2.16. The molecule has 5 nitrogen and oxygen atoms in total. The maximum Gasteiger partial charge on any atom is 0.335 e. The lowest BCUT2D eigenvalue weighted by molar-refractivity contribution is -0.133. The molecule has 0 aromatic heterocycles. The van der Waals surface area contributed by atoms with Crippen molar-refractivity contribution in [1.29, 1.82) is 0 Å². The molecule has 3 rings (SSSR count). The number of carbonyl (C=O) groups excluding carboxylic acids is 2. The minimum Gasteiger partial charge on any atom is -0.457 e. The molecule has 0 heterocycles. The third-order valence-corrected chi connectivity index (χ3v) is 3.77. The zero-order valence-corrected chi connectivity index (χ0v) is 15.0. The molecule has 0 N–H and O–H groups in total. The molecule has 0 saturated carbocycles. The minimum absolute atomic E-state index is 0.0972. The summed E-state index contributed by atoms with van der Waals surface area (Å²) in [5, 5.41) is 1.31. The van der Waals surface area contributed by atoms with Gasteiger partial charge in [-0.05, 0) is 25.1 Å². The predicted molar refractivity (Wildman–Crippen MR) is 102 cm³/mol. The number of rotatable bonds is 5. The molecule has 3 aromatic rings. The average Bonchev–Trinajstić information content (AvgIpc) is 2.65. The minimum atomic E-state index is -0.651. The van der Waals surface area contributed by atoms with E-state index in [4.69, 9.17) is 14.2 Å². The normalized spacial score (nSPS) is 10.3. The Balaban J connectivity index is 2.23. The van der Waals surface area contributed by atoms with Crippen molar-refractivity contribution >= 4 is 22.7 Å². The summed E-state index contributed by atoms with van der Waals surface area (Å²) in [5.74, 6) is 0.162. The molecule has 0 bridgehead atoms. The van der Waals surface area contributed by atoms with Crippen LogP contribution in [0.5, 0.6) is 23.0 Å². The standard InChI is InChI=1S/C22H18O5/c1-4-21(24)27-22-17-11-10-14(2)12-18(17)19(13-20(22)25-15(3)23)26-16-8-6-5-7-9-16/h4-13H,1H2,2-3H3. The molecule has 5 heteroatoms. The summed E-state index contributed by atoms with van der Waals surface area (Å²) < 4.78 is 16.6. The van der Waals surface area contributed by atoms with Gasteiger partial charge in [0.25, 0.3) is 0 Å². The summed E-state index contributed by atoms with van der Waals surface area (Å²) in [5.41, 5.74) is 1.00. The quantitative estimate of drug-likeness (QED) is 0.365. The van der Waals surface area contributed by atoms with Crippen LogP contribution in [0.2, 0.25) is 0 Å². The number of hydrogen-bond acceptors (Lipinski definition) is 5. The molecule has 0 radical (unpaired) electrons. The van der Waals surface area contributed by atoms with Crippen molar-refractivity contribution in [3.05, 3.63) is 72.8 Å². The number of benzene rings is 3. The van der Waals surface area contributed by atoms with Crippen LogP contribution in [0.15, 0.2) is 67.3 Å². The van der Waals surface area contributed by atoms with Gasteiger partial charge in [0.15, 0.2) is 11.5 Å². The largest absolute Gasteiger partial charge is 0.457 e. The van der Waals surface area contributed by atoms with Crippen LogP contribution in [0.3, 0.4) is 0 Å². The van der Waals surface area contributed by atoms with E-state index in [9.17, 15) is 9.59 Å². The van der Waals surface area contributed by atoms with Crippen molar-refractivity contribution in [2.45, 2.75) is 13.8 Å². The number of hydrogen-bond donors (Lipinski definition) is 0. The van der Waals surface area contributed by atoms with E-state index in [1.54, 1.807) is 12.1 Å². The fourth-order valence-electron chi connectivity index (χ4n) is 2.63. The van der Waals surface area contributed by atoms with Crippen molar-refractivity contribution in [1.82, 2.24) is 0 Å². The molecule has 0 fully saturated rings. The highest BCUT2D eigenvalue weighted by molar-refractivity contribution is 5.99. The summed E-state index contributed by atoms with van der Waals surface area (Å²) >= 11 is 0. The maximum absolute atomic E-state index is 11.8. The van der Waals surface area contributed by atoms with Crippen LogP contribution in [0.4, 0.5) is 0 Å². The number of ether oxygens (including phenoxy) is 3. The monoisotopic (exact) mass is 362 g/mol. The van der Waals surface area contributed by atoms with Crippen LogP contribution in [0.25, 0.3) is 10.8 Å². The Hall–Kier alpha value is -3.60. The number of esters is 2. The summed E-state index contributed by atoms with van der Waals surface area (Å²) in [6.45, 7) is 6.63. The zero-order chi connectivity index (χ0) is 19.4. The van der Waals surface area contributed by atoms with E-state index >= 15 is 0 Å². The smallest absolute Gasteiger partial charge is 0.335 e. The van der Waals surface area contributed by atoms with E-state index in [2.05, 4.69) is 6.58 Å². The van der Waals surface area contributed by atoms with E-state index in [1.807, 2.05) is 49.4 Å². The highest BCUT2D eigenvalue weighted by atomic mass is 16.6. The van der Waals surface area contributed by atoms with Gasteiger partial charge in [0.1, 0.15) is 11.5 Å². The zero-order valence-electron chi connectivity index (χ0n) is 15.0. The molecule has 0 amide bonds. The van der Waals surface area contributed by atoms with E-state index in [0.717, 1.165) is 17.0 Å². The third kappa shape index (κ3) is 4.15. The van der Waals surface area contributed by atoms with Gasteiger partial charge >= 0.3 is 11.9 Å². The van der Waals surface area contributed by atoms with Gasteiger partial charge in [-0.25, -0.2) is 4.79 Å². The first-order valence-electron chi connectivity index (χ1n) is 8.31. The van der Waals surface area contributed by atoms with Crippen LogP contribution in [0.1, 0.15) is 12.5 Å². The number of fused-ring (bicyclic) bond motifs is 1. The topological polar surface area (TPSA) is 61.8 Å². The molecule has 0 atom stereocenters. The Bertz CT molecular complexity index is 1020. The van der Waals surface area contributed by atoms with Crippen LogP contribution in [0, 0.1) is 6.92 Å². The second-order valence-corrected chi connectivity index (χ2v) is 5.88. The summed E-state index contributed by atoms with van der Waals surface area (Å²) in [6, 6.07) is 16.4. The van der Waals surface area contributed by atoms with Crippen LogP contribution >= 0.6 is 0 Å². The van der Waals surface area contributed by atoms with Crippen LogP contribution in [-0.2, 0) is 9.59 Å². The van der Waals surface area contributed by atoms with E-state index in [0.29, 0.717) is 16.9 Å². The summed E-state index contributed by atoms with van der Waals surface area (Å²) in [4.78, 5) is 23.4. The molecular weight excluding hydrogens is 344 g/mol. The van der Waals surface area contributed by atoms with Crippen molar-refractivity contribution in [3.8, 4) is 23.0 Å². The Morgan fingerprint density at radius 3 is 2.33 bits per heavy atom. The molecule has 136 valence electrons. The second kappa shape index (κ2) is 7.74. The fourth-order valence-corrected chi connectivity index (χ4v) is 2.63. The van der Waals surface area contributed by atoms with E-state index < -0.39 is 11.9 Å². The van der Waals surface area contributed by atoms with Gasteiger partial charge < -0.3 is 14.2 Å². The number of carbonyl (C=O) groups is 2. The predicted octanol–water partition coefficient (Wildman–Crippen LogP) is 4.96. The Labute approximate surface area is 156 Å². The molecule has 27 heavy (non-hydrogen) atoms. The van der Waals surface area contributed by atoms with Gasteiger partial charge in [0.2, 0.25) is 0 Å². The summed E-state index contributed by atoms with van der Waals surface area (Å²) in [6.07, 6.45) is 1.05. The first kappa shape index (κ1) is 18.2. The van der Waals surface area contributed by atoms with Crippen molar-refractivity contribution in [2.24, 2.45) is 0 Å². The van der Waals surface area contributed by atoms with Crippen molar-refractivity contribution in [2.75, 3.05) is 0 Å². The van der Waals surface area contributed by atoms with Gasteiger partial charge in [-0.2, -0.15) is 0 Å². The van der Waals surface area contributed by atoms with Crippen molar-refractivity contribution in [3.63, 3.8) is 0 Å². The lowest BCUT2D eigenvalue weighted by atomic mass is 10.0. The van der Waals surface area contributed by atoms with E-state index in [-0.39, 0.29) is 11.5 Å². The van der Waals surface area contributed by atoms with Crippen LogP contribution < -0.4 is 14.2 Å². The number of aryl methyl sites for hydroxylation is 1. The van der Waals surface area contributed by atoms with Gasteiger partial charge in [0.05, 0.1) is 0 Å². The molecule has 0 unspecified atom stereocenters. The molecule has 0 aliphatic rings. The highest BCUT2D eigenvalue weighted by Gasteiger charge is 2.19. The first-order chi connectivity index (χ1) is 13.0. The second-order valence-electron chi connectivity index (χ2n) is 5.88. The molecule has 0 spiro atoms. The van der Waals surface area contributed by atoms with E-state index in [1.165, 1.54) is 6.92 Å². The third-order valence-electron chi connectivity index (χ3n) is 3.77. The highest BCUT2D eigenvalue weighted by Crippen LogP contribution is 2.43. The Kier molecular flexibility index (Phi) is 5.22. The first-order valence-corrected chi connectivity index (χ1v) is 8.31. The number of para-hydroxylation sites is 1.